The average Bonchev–Trinajstić information content (AvgIpc) is 2.56. The van der Waals surface area contributed by atoms with Crippen LogP contribution in [0.4, 0.5) is 21.1 Å². The van der Waals surface area contributed by atoms with Crippen molar-refractivity contribution in [2.45, 2.75) is 52.2 Å². The fraction of sp³-hybridized carbons (Fsp3) is 0.611. The van der Waals surface area contributed by atoms with E-state index in [2.05, 4.69) is 15.6 Å². The lowest BCUT2D eigenvalue weighted by molar-refractivity contribution is 0.0635. The molecule has 1 aromatic rings. The summed E-state index contributed by atoms with van der Waals surface area (Å²) in [4.78, 5) is 29.4. The van der Waals surface area contributed by atoms with E-state index in [1.54, 1.807) is 44.9 Å². The summed E-state index contributed by atoms with van der Waals surface area (Å²) in [6.07, 6.45) is 2.58. The van der Waals surface area contributed by atoms with Gasteiger partial charge in [0.2, 0.25) is 0 Å². The number of ether oxygens (including phenoxy) is 2. The minimum absolute atomic E-state index is 0.245. The largest absolute Gasteiger partial charge is 0.450 e. The van der Waals surface area contributed by atoms with Gasteiger partial charge in [-0.25, -0.2) is 14.6 Å². The Bertz CT molecular complexity index is 605. The first-order valence-electron chi connectivity index (χ1n) is 8.91. The summed E-state index contributed by atoms with van der Waals surface area (Å²) in [5.74, 6) is 0.432. The van der Waals surface area contributed by atoms with Crippen molar-refractivity contribution in [3.63, 3.8) is 0 Å². The number of piperidine rings is 1. The average molecular weight is 364 g/mol. The standard InChI is InChI=1S/C18H28N4O4/c1-5-25-17(24)22-10-8-13(9-11-22)20-14-6-7-15(19-12-14)21-16(23)26-18(2,3)4/h6-7,12-13,20H,5,8-11H2,1-4H3,(H,19,21,23). The van der Waals surface area contributed by atoms with Gasteiger partial charge in [0.1, 0.15) is 11.4 Å². The second-order valence-corrected chi connectivity index (χ2v) is 7.16. The number of aromatic nitrogens is 1. The van der Waals surface area contributed by atoms with Crippen LogP contribution in [0.25, 0.3) is 0 Å². The fourth-order valence-corrected chi connectivity index (χ4v) is 2.62. The van der Waals surface area contributed by atoms with E-state index in [9.17, 15) is 9.59 Å². The molecule has 26 heavy (non-hydrogen) atoms. The van der Waals surface area contributed by atoms with Crippen LogP contribution in [0.2, 0.25) is 0 Å². The van der Waals surface area contributed by atoms with Crippen molar-refractivity contribution in [3.05, 3.63) is 18.3 Å². The van der Waals surface area contributed by atoms with Gasteiger partial charge in [-0.3, -0.25) is 5.32 Å². The number of pyridine rings is 1. The fourth-order valence-electron chi connectivity index (χ4n) is 2.62. The first-order valence-corrected chi connectivity index (χ1v) is 8.91. The quantitative estimate of drug-likeness (QED) is 0.850. The van der Waals surface area contributed by atoms with Crippen LogP contribution in [-0.2, 0) is 9.47 Å². The molecule has 0 saturated carbocycles. The highest BCUT2D eigenvalue weighted by molar-refractivity contribution is 5.83. The molecule has 0 atom stereocenters. The number of amides is 2. The van der Waals surface area contributed by atoms with Gasteiger partial charge in [-0.2, -0.15) is 0 Å². The first kappa shape index (κ1) is 19.8. The van der Waals surface area contributed by atoms with E-state index in [4.69, 9.17) is 9.47 Å². The lowest BCUT2D eigenvalue weighted by atomic mass is 10.1. The molecular formula is C18H28N4O4. The highest BCUT2D eigenvalue weighted by atomic mass is 16.6. The smallest absolute Gasteiger partial charge is 0.413 e. The minimum atomic E-state index is -0.552. The number of carbonyl (C=O) groups is 2. The summed E-state index contributed by atoms with van der Waals surface area (Å²) in [6, 6.07) is 3.85. The molecule has 8 nitrogen and oxygen atoms in total. The maximum absolute atomic E-state index is 11.7. The topological polar surface area (TPSA) is 92.8 Å². The molecular weight excluding hydrogens is 336 g/mol. The lowest BCUT2D eigenvalue weighted by Gasteiger charge is -2.32. The number of rotatable bonds is 4. The van der Waals surface area contributed by atoms with Crippen LogP contribution in [0.1, 0.15) is 40.5 Å². The molecule has 8 heteroatoms. The van der Waals surface area contributed by atoms with E-state index in [1.165, 1.54) is 0 Å². The minimum Gasteiger partial charge on any atom is -0.450 e. The van der Waals surface area contributed by atoms with Crippen molar-refractivity contribution >= 4 is 23.7 Å². The predicted molar refractivity (Wildman–Crippen MR) is 99.3 cm³/mol. The molecule has 2 N–H and O–H groups in total. The van der Waals surface area contributed by atoms with Crippen molar-refractivity contribution in [3.8, 4) is 0 Å². The van der Waals surface area contributed by atoms with Gasteiger partial charge in [0.15, 0.2) is 0 Å². The van der Waals surface area contributed by atoms with E-state index in [-0.39, 0.29) is 12.1 Å². The highest BCUT2D eigenvalue weighted by Gasteiger charge is 2.23. The Kier molecular flexibility index (Phi) is 6.65. The van der Waals surface area contributed by atoms with Gasteiger partial charge in [-0.15, -0.1) is 0 Å². The normalized spacial score (nSPS) is 15.3. The third-order valence-electron chi connectivity index (χ3n) is 3.78. The van der Waals surface area contributed by atoms with E-state index < -0.39 is 11.7 Å². The molecule has 0 aromatic carbocycles. The molecule has 144 valence electrons. The maximum atomic E-state index is 11.7. The Morgan fingerprint density at radius 3 is 2.50 bits per heavy atom. The molecule has 1 aromatic heterocycles. The maximum Gasteiger partial charge on any atom is 0.413 e. The second-order valence-electron chi connectivity index (χ2n) is 7.16. The van der Waals surface area contributed by atoms with Gasteiger partial charge in [0, 0.05) is 19.1 Å². The zero-order valence-corrected chi connectivity index (χ0v) is 15.9. The Balaban J connectivity index is 1.79. The van der Waals surface area contributed by atoms with Gasteiger partial charge in [0.05, 0.1) is 18.5 Å². The van der Waals surface area contributed by atoms with Crippen molar-refractivity contribution < 1.29 is 19.1 Å². The number of carbonyl (C=O) groups excluding carboxylic acids is 2. The predicted octanol–water partition coefficient (Wildman–Crippen LogP) is 3.46. The van der Waals surface area contributed by atoms with E-state index in [1.807, 2.05) is 6.07 Å². The van der Waals surface area contributed by atoms with Crippen LogP contribution in [0, 0.1) is 0 Å². The molecule has 1 aliphatic heterocycles. The molecule has 0 radical (unpaired) electrons. The van der Waals surface area contributed by atoms with E-state index in [0.717, 1.165) is 18.5 Å². The number of nitrogens with zero attached hydrogens (tertiary/aromatic N) is 2. The van der Waals surface area contributed by atoms with E-state index in [0.29, 0.717) is 25.5 Å². The molecule has 0 spiro atoms. The van der Waals surface area contributed by atoms with Crippen molar-refractivity contribution in [1.82, 2.24) is 9.88 Å². The lowest BCUT2D eigenvalue weighted by Crippen LogP contribution is -2.42. The van der Waals surface area contributed by atoms with Crippen LogP contribution >= 0.6 is 0 Å². The number of hydrogen-bond acceptors (Lipinski definition) is 6. The van der Waals surface area contributed by atoms with Crippen molar-refractivity contribution in [1.29, 1.82) is 0 Å². The van der Waals surface area contributed by atoms with Gasteiger partial charge in [-0.1, -0.05) is 0 Å². The molecule has 0 bridgehead atoms. The van der Waals surface area contributed by atoms with Crippen LogP contribution < -0.4 is 10.6 Å². The van der Waals surface area contributed by atoms with Crippen LogP contribution in [0.3, 0.4) is 0 Å². The number of nitrogens with one attached hydrogen (secondary N) is 2. The zero-order valence-electron chi connectivity index (χ0n) is 15.9. The third kappa shape index (κ3) is 6.42. The molecule has 1 fully saturated rings. The molecule has 0 unspecified atom stereocenters. The number of hydrogen-bond donors (Lipinski definition) is 2. The van der Waals surface area contributed by atoms with E-state index >= 15 is 0 Å². The summed E-state index contributed by atoms with van der Waals surface area (Å²) in [5.41, 5.74) is 0.318. The first-order chi connectivity index (χ1) is 12.3. The van der Waals surface area contributed by atoms with Crippen LogP contribution in [-0.4, -0.2) is 53.4 Å². The summed E-state index contributed by atoms with van der Waals surface area (Å²) >= 11 is 0. The van der Waals surface area contributed by atoms with Crippen LogP contribution in [0.15, 0.2) is 18.3 Å². The summed E-state index contributed by atoms with van der Waals surface area (Å²) < 4.78 is 10.2. The molecule has 2 heterocycles. The second kappa shape index (κ2) is 8.73. The molecule has 2 amide bonds. The number of anilines is 2. The monoisotopic (exact) mass is 364 g/mol. The summed E-state index contributed by atoms with van der Waals surface area (Å²) in [5, 5.41) is 6.01. The van der Waals surface area contributed by atoms with Crippen molar-refractivity contribution in [2.75, 3.05) is 30.3 Å². The van der Waals surface area contributed by atoms with Gasteiger partial charge in [-0.05, 0) is 52.7 Å². The Morgan fingerprint density at radius 1 is 1.27 bits per heavy atom. The Hall–Kier alpha value is -2.51. The van der Waals surface area contributed by atoms with Gasteiger partial charge >= 0.3 is 12.2 Å². The summed E-state index contributed by atoms with van der Waals surface area (Å²) in [6.45, 7) is 8.96. The Morgan fingerprint density at radius 2 is 1.96 bits per heavy atom. The zero-order chi connectivity index (χ0) is 19.2. The van der Waals surface area contributed by atoms with Gasteiger partial charge < -0.3 is 19.7 Å². The van der Waals surface area contributed by atoms with Crippen LogP contribution in [0.5, 0.6) is 0 Å². The molecule has 1 saturated heterocycles. The van der Waals surface area contributed by atoms with Gasteiger partial charge in [0.25, 0.3) is 0 Å². The third-order valence-corrected chi connectivity index (χ3v) is 3.78. The summed E-state index contributed by atoms with van der Waals surface area (Å²) in [7, 11) is 0. The molecule has 2 rings (SSSR count). The highest BCUT2D eigenvalue weighted by Crippen LogP contribution is 2.18. The SMILES string of the molecule is CCOC(=O)N1CCC(Nc2ccc(NC(=O)OC(C)(C)C)nc2)CC1. The molecule has 1 aliphatic rings. The number of likely N-dealkylation sites (tertiary alicyclic amines) is 1. The van der Waals surface area contributed by atoms with Crippen molar-refractivity contribution in [2.24, 2.45) is 0 Å². The molecule has 0 aliphatic carbocycles. The Labute approximate surface area is 154 Å².